The highest BCUT2D eigenvalue weighted by Gasteiger charge is 2.09. The molecule has 0 radical (unpaired) electrons. The van der Waals surface area contributed by atoms with Crippen LogP contribution in [0.25, 0.3) is 0 Å². The van der Waals surface area contributed by atoms with Gasteiger partial charge in [0.1, 0.15) is 0 Å². The van der Waals surface area contributed by atoms with Crippen LogP contribution in [0.5, 0.6) is 0 Å². The zero-order chi connectivity index (χ0) is 13.0. The van der Waals surface area contributed by atoms with Crippen LogP contribution >= 0.6 is 23.4 Å². The van der Waals surface area contributed by atoms with Crippen molar-refractivity contribution in [2.45, 2.75) is 10.6 Å². The minimum absolute atomic E-state index is 0.344. The maximum absolute atomic E-state index is 11.1. The van der Waals surface area contributed by atoms with E-state index in [9.17, 15) is 4.79 Å². The first-order valence-electron chi connectivity index (χ1n) is 5.37. The Morgan fingerprint density at radius 1 is 1.11 bits per heavy atom. The highest BCUT2D eigenvalue weighted by Crippen LogP contribution is 2.30. The van der Waals surface area contributed by atoms with E-state index in [4.69, 9.17) is 16.7 Å². The number of aromatic carboxylic acids is 1. The Morgan fingerprint density at radius 2 is 1.78 bits per heavy atom. The van der Waals surface area contributed by atoms with Crippen LogP contribution < -0.4 is 0 Å². The second-order valence-corrected chi connectivity index (χ2v) is 5.11. The van der Waals surface area contributed by atoms with Crippen LogP contribution in [-0.2, 0) is 5.75 Å². The number of hydrogen-bond donors (Lipinski definition) is 1. The monoisotopic (exact) mass is 278 g/mol. The van der Waals surface area contributed by atoms with Gasteiger partial charge in [-0.3, -0.25) is 0 Å². The first-order valence-corrected chi connectivity index (χ1v) is 6.73. The summed E-state index contributed by atoms with van der Waals surface area (Å²) in [5.74, 6) is -0.308. The van der Waals surface area contributed by atoms with Gasteiger partial charge in [0.05, 0.1) is 10.6 Å². The topological polar surface area (TPSA) is 37.3 Å². The van der Waals surface area contributed by atoms with Crippen molar-refractivity contribution < 1.29 is 9.90 Å². The van der Waals surface area contributed by atoms with Gasteiger partial charge in [-0.05, 0) is 23.8 Å². The van der Waals surface area contributed by atoms with Crippen LogP contribution in [0.2, 0.25) is 5.02 Å². The Labute approximate surface area is 115 Å². The summed E-state index contributed by atoms with van der Waals surface area (Å²) in [5, 5.41) is 9.77. The highest BCUT2D eigenvalue weighted by molar-refractivity contribution is 7.98. The lowest BCUT2D eigenvalue weighted by Crippen LogP contribution is -2.00. The fourth-order valence-corrected chi connectivity index (χ4v) is 2.81. The molecule has 0 fully saturated rings. The molecule has 0 atom stereocenters. The molecule has 0 bridgehead atoms. The third-order valence-electron chi connectivity index (χ3n) is 2.47. The lowest BCUT2D eigenvalue weighted by Gasteiger charge is -2.06. The maximum atomic E-state index is 11.1. The summed E-state index contributed by atoms with van der Waals surface area (Å²) < 4.78 is 0. The van der Waals surface area contributed by atoms with Gasteiger partial charge in [0.2, 0.25) is 0 Å². The van der Waals surface area contributed by atoms with Crippen molar-refractivity contribution >= 4 is 29.3 Å². The van der Waals surface area contributed by atoms with Crippen molar-refractivity contribution in [3.63, 3.8) is 0 Å². The molecule has 0 aliphatic heterocycles. The molecule has 0 amide bonds. The molecule has 2 aromatic rings. The first-order chi connectivity index (χ1) is 8.68. The van der Waals surface area contributed by atoms with Crippen LogP contribution in [0.3, 0.4) is 0 Å². The summed E-state index contributed by atoms with van der Waals surface area (Å²) in [6, 6.07) is 14.6. The largest absolute Gasteiger partial charge is 0.478 e. The lowest BCUT2D eigenvalue weighted by atomic mass is 10.1. The summed E-state index contributed by atoms with van der Waals surface area (Å²) in [4.78, 5) is 12.0. The molecule has 2 nitrogen and oxygen atoms in total. The predicted octanol–water partition coefficient (Wildman–Crippen LogP) is 4.33. The Hall–Kier alpha value is -1.45. The van der Waals surface area contributed by atoms with Crippen molar-refractivity contribution in [3.05, 3.63) is 64.7 Å². The minimum atomic E-state index is -0.898. The molecule has 2 aromatic carbocycles. The third-order valence-corrected chi connectivity index (χ3v) is 4.03. The molecule has 18 heavy (non-hydrogen) atoms. The van der Waals surface area contributed by atoms with Crippen LogP contribution in [-0.4, -0.2) is 11.1 Å². The van der Waals surface area contributed by atoms with Crippen LogP contribution in [0.1, 0.15) is 15.9 Å². The van der Waals surface area contributed by atoms with Gasteiger partial charge in [-0.25, -0.2) is 4.79 Å². The van der Waals surface area contributed by atoms with Gasteiger partial charge in [0.25, 0.3) is 0 Å². The van der Waals surface area contributed by atoms with E-state index in [2.05, 4.69) is 0 Å². The van der Waals surface area contributed by atoms with E-state index in [0.717, 1.165) is 10.5 Å². The molecule has 0 aromatic heterocycles. The molecule has 92 valence electrons. The molecule has 0 aliphatic rings. The van der Waals surface area contributed by atoms with Gasteiger partial charge in [0.15, 0.2) is 0 Å². The summed E-state index contributed by atoms with van der Waals surface area (Å²) in [6.07, 6.45) is 0. The normalized spacial score (nSPS) is 10.3. The lowest BCUT2D eigenvalue weighted by molar-refractivity contribution is 0.0696. The van der Waals surface area contributed by atoms with Gasteiger partial charge in [0, 0.05) is 10.6 Å². The molecular weight excluding hydrogens is 268 g/mol. The van der Waals surface area contributed by atoms with E-state index in [1.807, 2.05) is 36.4 Å². The van der Waals surface area contributed by atoms with Crippen molar-refractivity contribution in [3.8, 4) is 0 Å². The van der Waals surface area contributed by atoms with Gasteiger partial charge in [-0.1, -0.05) is 41.9 Å². The van der Waals surface area contributed by atoms with Crippen molar-refractivity contribution in [2.75, 3.05) is 0 Å². The van der Waals surface area contributed by atoms with Crippen molar-refractivity contribution in [1.82, 2.24) is 0 Å². The standard InChI is InChI=1S/C14H11ClO2S/c15-12-7-3-4-8-13(12)18-9-10-5-1-2-6-11(10)14(16)17/h1-8H,9H2,(H,16,17). The Morgan fingerprint density at radius 3 is 2.50 bits per heavy atom. The maximum Gasteiger partial charge on any atom is 0.335 e. The van der Waals surface area contributed by atoms with Gasteiger partial charge >= 0.3 is 5.97 Å². The van der Waals surface area contributed by atoms with Crippen molar-refractivity contribution in [2.24, 2.45) is 0 Å². The average Bonchev–Trinajstić information content (AvgIpc) is 2.38. The van der Waals surface area contributed by atoms with E-state index >= 15 is 0 Å². The average molecular weight is 279 g/mol. The number of halogens is 1. The Kier molecular flexibility index (Phi) is 4.28. The van der Waals surface area contributed by atoms with Crippen LogP contribution in [0.4, 0.5) is 0 Å². The summed E-state index contributed by atoms with van der Waals surface area (Å²) >= 11 is 7.59. The smallest absolute Gasteiger partial charge is 0.335 e. The molecule has 1 N–H and O–H groups in total. The van der Waals surface area contributed by atoms with Gasteiger partial charge in [-0.2, -0.15) is 0 Å². The van der Waals surface area contributed by atoms with E-state index < -0.39 is 5.97 Å². The summed E-state index contributed by atoms with van der Waals surface area (Å²) in [6.45, 7) is 0. The summed E-state index contributed by atoms with van der Waals surface area (Å²) in [5.41, 5.74) is 1.15. The molecule has 4 heteroatoms. The van der Waals surface area contributed by atoms with E-state index in [1.165, 1.54) is 11.8 Å². The van der Waals surface area contributed by atoms with E-state index in [0.29, 0.717) is 16.3 Å². The number of carbonyl (C=O) groups is 1. The van der Waals surface area contributed by atoms with Crippen LogP contribution in [0.15, 0.2) is 53.4 Å². The number of carboxylic acids is 1. The fourth-order valence-electron chi connectivity index (χ4n) is 1.57. The molecule has 0 spiro atoms. The molecule has 2 rings (SSSR count). The van der Waals surface area contributed by atoms with Crippen LogP contribution in [0, 0.1) is 0 Å². The Balaban J connectivity index is 2.16. The molecule has 0 heterocycles. The second-order valence-electron chi connectivity index (χ2n) is 3.68. The third kappa shape index (κ3) is 3.06. The van der Waals surface area contributed by atoms with Gasteiger partial charge < -0.3 is 5.11 Å². The molecule has 0 saturated heterocycles. The number of hydrogen-bond acceptors (Lipinski definition) is 2. The minimum Gasteiger partial charge on any atom is -0.478 e. The number of carboxylic acid groups (broad SMARTS) is 1. The fraction of sp³-hybridized carbons (Fsp3) is 0.0714. The zero-order valence-electron chi connectivity index (χ0n) is 9.47. The number of benzene rings is 2. The molecule has 0 aliphatic carbocycles. The molecule has 0 unspecified atom stereocenters. The highest BCUT2D eigenvalue weighted by atomic mass is 35.5. The number of thioether (sulfide) groups is 1. The quantitative estimate of drug-likeness (QED) is 0.846. The summed E-state index contributed by atoms with van der Waals surface area (Å²) in [7, 11) is 0. The van der Waals surface area contributed by atoms with E-state index in [-0.39, 0.29) is 0 Å². The predicted molar refractivity (Wildman–Crippen MR) is 74.4 cm³/mol. The van der Waals surface area contributed by atoms with Crippen molar-refractivity contribution in [1.29, 1.82) is 0 Å². The molecule has 0 saturated carbocycles. The SMILES string of the molecule is O=C(O)c1ccccc1CSc1ccccc1Cl. The number of rotatable bonds is 4. The van der Waals surface area contributed by atoms with E-state index in [1.54, 1.807) is 12.1 Å². The first kappa shape index (κ1) is 13.0. The Bertz CT molecular complexity index is 569. The molecular formula is C14H11ClO2S. The zero-order valence-corrected chi connectivity index (χ0v) is 11.0. The second kappa shape index (κ2) is 5.94. The van der Waals surface area contributed by atoms with Gasteiger partial charge in [-0.15, -0.1) is 11.8 Å².